The molecule has 0 saturated heterocycles. The molecule has 1 amide bonds. The third-order valence-electron chi connectivity index (χ3n) is 3.30. The van der Waals surface area contributed by atoms with Crippen molar-refractivity contribution in [1.82, 2.24) is 25.3 Å². The molecule has 8 nitrogen and oxygen atoms in total. The molecule has 11 heteroatoms. The second kappa shape index (κ2) is 7.40. The summed E-state index contributed by atoms with van der Waals surface area (Å²) >= 11 is 0. The van der Waals surface area contributed by atoms with Crippen LogP contribution in [0.4, 0.5) is 13.2 Å². The van der Waals surface area contributed by atoms with E-state index < -0.39 is 18.6 Å². The summed E-state index contributed by atoms with van der Waals surface area (Å²) in [5.74, 6) is -0.813. The second-order valence-electron chi connectivity index (χ2n) is 5.54. The Bertz CT molecular complexity index is 959. The Morgan fingerprint density at radius 3 is 2.74 bits per heavy atom. The van der Waals surface area contributed by atoms with E-state index in [-0.39, 0.29) is 17.4 Å². The van der Waals surface area contributed by atoms with Crippen molar-refractivity contribution >= 4 is 12.1 Å². The number of rotatable bonds is 5. The van der Waals surface area contributed by atoms with E-state index in [1.807, 2.05) is 19.1 Å². The molecule has 0 unspecified atom stereocenters. The van der Waals surface area contributed by atoms with Gasteiger partial charge in [0.25, 0.3) is 0 Å². The average Bonchev–Trinajstić information content (AvgIpc) is 3.24. The number of aryl methyl sites for hydroxylation is 1. The molecule has 0 bridgehead atoms. The van der Waals surface area contributed by atoms with Crippen LogP contribution in [0, 0.1) is 6.92 Å². The Morgan fingerprint density at radius 1 is 1.30 bits per heavy atom. The van der Waals surface area contributed by atoms with Crippen LogP contribution in [0.1, 0.15) is 21.9 Å². The van der Waals surface area contributed by atoms with Gasteiger partial charge >= 0.3 is 18.0 Å². The number of amides is 1. The zero-order chi connectivity index (χ0) is 19.4. The standard InChI is InChI=1S/C16H13F3N6O2/c1-10-2-4-11(5-3-10)13-21-15(27-24-13)14(26)22-20-8-12-6-7-25(23-12)9-16(17,18)19/h2-8H,9H2,1H3,(H,22,26)/b20-8-. The lowest BCUT2D eigenvalue weighted by molar-refractivity contribution is -0.142. The highest BCUT2D eigenvalue weighted by Crippen LogP contribution is 2.17. The molecule has 3 aromatic rings. The van der Waals surface area contributed by atoms with Crippen LogP contribution in [-0.2, 0) is 6.54 Å². The summed E-state index contributed by atoms with van der Waals surface area (Å²) in [5.41, 5.74) is 4.03. The molecular weight excluding hydrogens is 365 g/mol. The van der Waals surface area contributed by atoms with Crippen LogP contribution >= 0.6 is 0 Å². The summed E-state index contributed by atoms with van der Waals surface area (Å²) in [6, 6.07) is 8.64. The fourth-order valence-electron chi connectivity index (χ4n) is 2.06. The zero-order valence-corrected chi connectivity index (χ0v) is 13.9. The number of aromatic nitrogens is 4. The van der Waals surface area contributed by atoms with Crippen molar-refractivity contribution in [2.24, 2.45) is 5.10 Å². The van der Waals surface area contributed by atoms with E-state index in [1.54, 1.807) is 12.1 Å². The Labute approximate surface area is 150 Å². The molecular formula is C16H13F3N6O2. The maximum absolute atomic E-state index is 12.3. The average molecular weight is 378 g/mol. The lowest BCUT2D eigenvalue weighted by atomic mass is 10.1. The monoisotopic (exact) mass is 378 g/mol. The topological polar surface area (TPSA) is 98.2 Å². The normalized spacial score (nSPS) is 11.9. The molecule has 0 aliphatic heterocycles. The van der Waals surface area contributed by atoms with Crippen LogP contribution < -0.4 is 5.43 Å². The summed E-state index contributed by atoms with van der Waals surface area (Å²) < 4.78 is 42.4. The van der Waals surface area contributed by atoms with E-state index in [2.05, 4.69) is 25.8 Å². The Balaban J connectivity index is 1.59. The van der Waals surface area contributed by atoms with Crippen LogP contribution in [0.15, 0.2) is 46.2 Å². The van der Waals surface area contributed by atoms with Crippen molar-refractivity contribution in [2.75, 3.05) is 0 Å². The van der Waals surface area contributed by atoms with Crippen LogP contribution in [-0.4, -0.2) is 38.2 Å². The van der Waals surface area contributed by atoms with Crippen LogP contribution in [0.3, 0.4) is 0 Å². The highest BCUT2D eigenvalue weighted by atomic mass is 19.4. The van der Waals surface area contributed by atoms with E-state index in [0.29, 0.717) is 5.56 Å². The van der Waals surface area contributed by atoms with Gasteiger partial charge in [-0.15, -0.1) is 0 Å². The summed E-state index contributed by atoms with van der Waals surface area (Å²) in [5, 5.41) is 11.0. The van der Waals surface area contributed by atoms with Crippen molar-refractivity contribution in [3.8, 4) is 11.4 Å². The highest BCUT2D eigenvalue weighted by molar-refractivity contribution is 5.90. The van der Waals surface area contributed by atoms with E-state index >= 15 is 0 Å². The minimum absolute atomic E-state index is 0.144. The van der Waals surface area contributed by atoms with Crippen molar-refractivity contribution in [1.29, 1.82) is 0 Å². The number of hydrazone groups is 1. The molecule has 140 valence electrons. The van der Waals surface area contributed by atoms with Crippen molar-refractivity contribution in [3.05, 3.63) is 53.7 Å². The van der Waals surface area contributed by atoms with Gasteiger partial charge in [0, 0.05) is 11.8 Å². The summed E-state index contributed by atoms with van der Waals surface area (Å²) in [7, 11) is 0. The molecule has 3 rings (SSSR count). The molecule has 0 spiro atoms. The second-order valence-corrected chi connectivity index (χ2v) is 5.54. The number of halogens is 3. The highest BCUT2D eigenvalue weighted by Gasteiger charge is 2.28. The lowest BCUT2D eigenvalue weighted by Gasteiger charge is -2.04. The van der Waals surface area contributed by atoms with Crippen LogP contribution in [0.25, 0.3) is 11.4 Å². The van der Waals surface area contributed by atoms with Gasteiger partial charge in [0.1, 0.15) is 12.2 Å². The summed E-state index contributed by atoms with van der Waals surface area (Å²) in [6.07, 6.45) is -2.12. The summed E-state index contributed by atoms with van der Waals surface area (Å²) in [4.78, 5) is 15.9. The van der Waals surface area contributed by atoms with Gasteiger partial charge < -0.3 is 4.52 Å². The molecule has 0 aliphatic carbocycles. The van der Waals surface area contributed by atoms with Gasteiger partial charge in [-0.05, 0) is 13.0 Å². The maximum atomic E-state index is 12.3. The Kier molecular flexibility index (Phi) is 5.01. The number of hydrogen-bond acceptors (Lipinski definition) is 6. The van der Waals surface area contributed by atoms with Gasteiger partial charge in [0.05, 0.1) is 6.21 Å². The van der Waals surface area contributed by atoms with Crippen molar-refractivity contribution in [3.63, 3.8) is 0 Å². The molecule has 1 N–H and O–H groups in total. The van der Waals surface area contributed by atoms with E-state index in [0.717, 1.165) is 22.7 Å². The quantitative estimate of drug-likeness (QED) is 0.544. The smallest absolute Gasteiger partial charge is 0.328 e. The molecule has 0 aliphatic rings. The number of carbonyl (C=O) groups is 1. The first-order chi connectivity index (χ1) is 12.8. The number of alkyl halides is 3. The Hall–Kier alpha value is -3.50. The first kappa shape index (κ1) is 18.3. The SMILES string of the molecule is Cc1ccc(-c2noc(C(=O)N/N=C\c3ccn(CC(F)(F)F)n3)n2)cc1. The van der Waals surface area contributed by atoms with Gasteiger partial charge in [-0.1, -0.05) is 35.0 Å². The third-order valence-corrected chi connectivity index (χ3v) is 3.30. The van der Waals surface area contributed by atoms with E-state index in [4.69, 9.17) is 4.52 Å². The number of carbonyl (C=O) groups excluding carboxylic acids is 1. The number of nitrogens with zero attached hydrogens (tertiary/aromatic N) is 5. The molecule has 0 fully saturated rings. The van der Waals surface area contributed by atoms with Gasteiger partial charge in [0.2, 0.25) is 5.82 Å². The van der Waals surface area contributed by atoms with Crippen LogP contribution in [0.2, 0.25) is 0 Å². The molecule has 27 heavy (non-hydrogen) atoms. The number of benzene rings is 1. The van der Waals surface area contributed by atoms with Gasteiger partial charge in [-0.3, -0.25) is 9.48 Å². The first-order valence-corrected chi connectivity index (χ1v) is 7.64. The van der Waals surface area contributed by atoms with Crippen LogP contribution in [0.5, 0.6) is 0 Å². The van der Waals surface area contributed by atoms with Gasteiger partial charge in [-0.25, -0.2) is 5.43 Å². The van der Waals surface area contributed by atoms with E-state index in [1.165, 1.54) is 6.07 Å². The molecule has 1 aromatic carbocycles. The number of nitrogens with one attached hydrogen (secondary N) is 1. The predicted molar refractivity (Wildman–Crippen MR) is 87.8 cm³/mol. The fourth-order valence-corrected chi connectivity index (χ4v) is 2.06. The Morgan fingerprint density at radius 2 is 2.04 bits per heavy atom. The fraction of sp³-hybridized carbons (Fsp3) is 0.188. The maximum Gasteiger partial charge on any atom is 0.408 e. The zero-order valence-electron chi connectivity index (χ0n) is 13.9. The van der Waals surface area contributed by atoms with Crippen molar-refractivity contribution in [2.45, 2.75) is 19.6 Å². The largest absolute Gasteiger partial charge is 0.408 e. The first-order valence-electron chi connectivity index (χ1n) is 7.64. The molecule has 2 heterocycles. The lowest BCUT2D eigenvalue weighted by Crippen LogP contribution is -2.19. The molecule has 0 radical (unpaired) electrons. The molecule has 0 saturated carbocycles. The van der Waals surface area contributed by atoms with Gasteiger partial charge in [0.15, 0.2) is 0 Å². The minimum atomic E-state index is -4.37. The third kappa shape index (κ3) is 5.00. The number of hydrogen-bond donors (Lipinski definition) is 1. The van der Waals surface area contributed by atoms with Crippen molar-refractivity contribution < 1.29 is 22.5 Å². The van der Waals surface area contributed by atoms with Gasteiger partial charge in [-0.2, -0.15) is 28.4 Å². The molecule has 0 atom stereocenters. The summed E-state index contributed by atoms with van der Waals surface area (Å²) in [6.45, 7) is 0.722. The minimum Gasteiger partial charge on any atom is -0.328 e. The predicted octanol–water partition coefficient (Wildman–Crippen LogP) is 2.57. The molecule has 2 aromatic heterocycles. The van der Waals surface area contributed by atoms with E-state index in [9.17, 15) is 18.0 Å².